The maximum Gasteiger partial charge on any atom is 0.0319 e. The standard InChI is InChI=1S/C19H30.CH4O/c1-13-6-8-16-15(13)10-11-18-17(16)9-7-14-5-3-4-12-19(14,18)2;1-2/h14-18H,1,3-12H2,2H3;2H,1H3. The molecule has 1 nitrogen and oxygen atoms in total. The van der Waals surface area contributed by atoms with Crippen LogP contribution in [-0.4, -0.2) is 12.2 Å². The number of allylic oxidation sites excluding steroid dienone is 1. The van der Waals surface area contributed by atoms with Crippen LogP contribution in [0.25, 0.3) is 0 Å². The molecule has 0 heterocycles. The summed E-state index contributed by atoms with van der Waals surface area (Å²) < 4.78 is 0. The van der Waals surface area contributed by atoms with Gasteiger partial charge < -0.3 is 5.11 Å². The third kappa shape index (κ3) is 2.40. The molecule has 4 aliphatic carbocycles. The molecule has 0 aromatic heterocycles. The smallest absolute Gasteiger partial charge is 0.0319 e. The molecule has 0 amide bonds. The second-order valence-electron chi connectivity index (χ2n) is 8.34. The summed E-state index contributed by atoms with van der Waals surface area (Å²) in [6.45, 7) is 7.05. The highest BCUT2D eigenvalue weighted by Gasteiger charge is 2.54. The Labute approximate surface area is 131 Å². The summed E-state index contributed by atoms with van der Waals surface area (Å²) >= 11 is 0. The highest BCUT2D eigenvalue weighted by atomic mass is 16.2. The lowest BCUT2D eigenvalue weighted by Gasteiger charge is -2.58. The molecule has 0 aliphatic heterocycles. The molecule has 0 radical (unpaired) electrons. The fourth-order valence-corrected chi connectivity index (χ4v) is 6.86. The van der Waals surface area contributed by atoms with E-state index in [1.807, 2.05) is 0 Å². The largest absolute Gasteiger partial charge is 0.400 e. The zero-order valence-electron chi connectivity index (χ0n) is 14.1. The van der Waals surface area contributed by atoms with Gasteiger partial charge in [0.1, 0.15) is 0 Å². The molecule has 6 atom stereocenters. The Morgan fingerprint density at radius 3 is 2.57 bits per heavy atom. The van der Waals surface area contributed by atoms with Crippen molar-refractivity contribution < 1.29 is 5.11 Å². The first-order chi connectivity index (χ1) is 10.2. The second kappa shape index (κ2) is 6.07. The molecule has 4 saturated carbocycles. The van der Waals surface area contributed by atoms with Crippen molar-refractivity contribution in [2.45, 2.75) is 71.1 Å². The highest BCUT2D eigenvalue weighted by molar-refractivity contribution is 5.14. The topological polar surface area (TPSA) is 20.2 Å². The van der Waals surface area contributed by atoms with E-state index in [0.717, 1.165) is 42.1 Å². The molecule has 4 fully saturated rings. The van der Waals surface area contributed by atoms with Gasteiger partial charge in [-0.3, -0.25) is 0 Å². The Morgan fingerprint density at radius 1 is 0.952 bits per heavy atom. The summed E-state index contributed by atoms with van der Waals surface area (Å²) in [5.41, 5.74) is 2.33. The minimum atomic E-state index is 0.718. The molecule has 6 unspecified atom stereocenters. The van der Waals surface area contributed by atoms with E-state index < -0.39 is 0 Å². The van der Waals surface area contributed by atoms with Gasteiger partial charge >= 0.3 is 0 Å². The van der Waals surface area contributed by atoms with Crippen molar-refractivity contribution in [1.82, 2.24) is 0 Å². The first-order valence-corrected chi connectivity index (χ1v) is 9.32. The molecule has 0 saturated heterocycles. The summed E-state index contributed by atoms with van der Waals surface area (Å²) in [5, 5.41) is 7.00. The lowest BCUT2D eigenvalue weighted by Crippen LogP contribution is -2.49. The van der Waals surface area contributed by atoms with Crippen LogP contribution in [0.4, 0.5) is 0 Å². The molecule has 4 aliphatic rings. The van der Waals surface area contributed by atoms with Crippen LogP contribution in [0.15, 0.2) is 12.2 Å². The maximum atomic E-state index is 7.00. The van der Waals surface area contributed by atoms with Crippen molar-refractivity contribution in [3.8, 4) is 0 Å². The van der Waals surface area contributed by atoms with E-state index >= 15 is 0 Å². The number of hydrogen-bond donors (Lipinski definition) is 1. The number of rotatable bonds is 0. The van der Waals surface area contributed by atoms with Crippen LogP contribution in [0.5, 0.6) is 0 Å². The van der Waals surface area contributed by atoms with Gasteiger partial charge in [-0.05, 0) is 86.4 Å². The predicted octanol–water partition coefficient (Wildman–Crippen LogP) is 5.19. The van der Waals surface area contributed by atoms with Crippen LogP contribution < -0.4 is 0 Å². The predicted molar refractivity (Wildman–Crippen MR) is 89.0 cm³/mol. The van der Waals surface area contributed by atoms with E-state index in [0.29, 0.717) is 0 Å². The van der Waals surface area contributed by atoms with E-state index in [4.69, 9.17) is 5.11 Å². The summed E-state index contributed by atoms with van der Waals surface area (Å²) in [7, 11) is 1.00. The van der Waals surface area contributed by atoms with Crippen LogP contribution in [0.2, 0.25) is 0 Å². The molecule has 0 aromatic rings. The molecule has 4 rings (SSSR count). The van der Waals surface area contributed by atoms with E-state index in [1.165, 1.54) is 44.9 Å². The Morgan fingerprint density at radius 2 is 1.76 bits per heavy atom. The number of fused-ring (bicyclic) bond motifs is 5. The molecule has 1 heteroatoms. The van der Waals surface area contributed by atoms with Gasteiger partial charge in [0, 0.05) is 7.11 Å². The van der Waals surface area contributed by atoms with Gasteiger partial charge in [-0.15, -0.1) is 0 Å². The minimum absolute atomic E-state index is 0.718. The Balaban J connectivity index is 0.000000636. The van der Waals surface area contributed by atoms with Gasteiger partial charge in [-0.1, -0.05) is 31.9 Å². The SMILES string of the molecule is C=C1CCC2C1CCC1C2CCC2CCCCC21C.CO. The first kappa shape index (κ1) is 15.6. The first-order valence-electron chi connectivity index (χ1n) is 9.32. The highest BCUT2D eigenvalue weighted by Crippen LogP contribution is 2.63. The number of aliphatic hydroxyl groups is 1. The fourth-order valence-electron chi connectivity index (χ4n) is 6.86. The van der Waals surface area contributed by atoms with Crippen molar-refractivity contribution in [3.05, 3.63) is 12.2 Å². The average molecular weight is 290 g/mol. The van der Waals surface area contributed by atoms with Gasteiger partial charge in [-0.25, -0.2) is 0 Å². The van der Waals surface area contributed by atoms with Crippen molar-refractivity contribution in [3.63, 3.8) is 0 Å². The van der Waals surface area contributed by atoms with Crippen LogP contribution in [0.3, 0.4) is 0 Å². The maximum absolute atomic E-state index is 7.00. The monoisotopic (exact) mass is 290 g/mol. The summed E-state index contributed by atoms with van der Waals surface area (Å²) in [4.78, 5) is 0. The molecular weight excluding hydrogens is 256 g/mol. The number of hydrogen-bond acceptors (Lipinski definition) is 1. The van der Waals surface area contributed by atoms with Crippen molar-refractivity contribution in [2.24, 2.45) is 35.0 Å². The zero-order chi connectivity index (χ0) is 15.0. The second-order valence-corrected chi connectivity index (χ2v) is 8.34. The van der Waals surface area contributed by atoms with Crippen molar-refractivity contribution in [1.29, 1.82) is 0 Å². The Hall–Kier alpha value is -0.300. The number of aliphatic hydroxyl groups excluding tert-OH is 1. The molecule has 0 spiro atoms. The molecule has 21 heavy (non-hydrogen) atoms. The van der Waals surface area contributed by atoms with Gasteiger partial charge in [0.25, 0.3) is 0 Å². The van der Waals surface area contributed by atoms with E-state index in [-0.39, 0.29) is 0 Å². The third-order valence-electron chi connectivity index (χ3n) is 7.84. The Bertz CT molecular complexity index is 387. The van der Waals surface area contributed by atoms with Crippen LogP contribution in [0.1, 0.15) is 71.1 Å². The summed E-state index contributed by atoms with van der Waals surface area (Å²) in [6, 6.07) is 0. The lowest BCUT2D eigenvalue weighted by molar-refractivity contribution is -0.0807. The zero-order valence-corrected chi connectivity index (χ0v) is 14.1. The molecule has 120 valence electrons. The fraction of sp³-hybridized carbons (Fsp3) is 0.900. The van der Waals surface area contributed by atoms with E-state index in [9.17, 15) is 0 Å². The van der Waals surface area contributed by atoms with Gasteiger partial charge in [-0.2, -0.15) is 0 Å². The van der Waals surface area contributed by atoms with E-state index in [2.05, 4.69) is 13.5 Å². The van der Waals surface area contributed by atoms with Gasteiger partial charge in [0.15, 0.2) is 0 Å². The average Bonchev–Trinajstić information content (AvgIpc) is 2.90. The van der Waals surface area contributed by atoms with Gasteiger partial charge in [0.05, 0.1) is 0 Å². The molecular formula is C20H34O. The van der Waals surface area contributed by atoms with Crippen LogP contribution >= 0.6 is 0 Å². The lowest BCUT2D eigenvalue weighted by atomic mass is 9.47. The quantitative estimate of drug-likeness (QED) is 0.608. The summed E-state index contributed by atoms with van der Waals surface area (Å²) in [6.07, 6.45) is 15.0. The third-order valence-corrected chi connectivity index (χ3v) is 7.84. The molecule has 0 bridgehead atoms. The van der Waals surface area contributed by atoms with Crippen LogP contribution in [-0.2, 0) is 0 Å². The van der Waals surface area contributed by atoms with Crippen molar-refractivity contribution in [2.75, 3.05) is 7.11 Å². The minimum Gasteiger partial charge on any atom is -0.400 e. The summed E-state index contributed by atoms with van der Waals surface area (Å²) in [5.74, 6) is 5.16. The normalized spacial score (nSPS) is 48.5. The Kier molecular flexibility index (Phi) is 4.50. The molecule has 1 N–H and O–H groups in total. The van der Waals surface area contributed by atoms with Gasteiger partial charge in [0.2, 0.25) is 0 Å². The van der Waals surface area contributed by atoms with Crippen molar-refractivity contribution >= 4 is 0 Å². The van der Waals surface area contributed by atoms with E-state index in [1.54, 1.807) is 24.8 Å². The van der Waals surface area contributed by atoms with Crippen LogP contribution in [0, 0.1) is 35.0 Å². The molecule has 0 aromatic carbocycles.